The highest BCUT2D eigenvalue weighted by Crippen LogP contribution is 2.47. The van der Waals surface area contributed by atoms with Gasteiger partial charge in [-0.2, -0.15) is 0 Å². The quantitative estimate of drug-likeness (QED) is 0.876. The number of nitrogens with one attached hydrogen (secondary N) is 1. The molecule has 0 radical (unpaired) electrons. The predicted molar refractivity (Wildman–Crippen MR) is 84.0 cm³/mol. The summed E-state index contributed by atoms with van der Waals surface area (Å²) in [5, 5.41) is 11.7. The molecule has 1 amide bonds. The fraction of sp³-hybridized carbons (Fsp3) is 0.529. The van der Waals surface area contributed by atoms with Crippen molar-refractivity contribution in [2.24, 2.45) is 0 Å². The van der Waals surface area contributed by atoms with Crippen molar-refractivity contribution >= 4 is 17.7 Å². The van der Waals surface area contributed by atoms with Gasteiger partial charge in [0.25, 0.3) is 0 Å². The van der Waals surface area contributed by atoms with Crippen LogP contribution in [0.1, 0.15) is 52.0 Å². The van der Waals surface area contributed by atoms with E-state index in [1.165, 1.54) is 18.2 Å². The van der Waals surface area contributed by atoms with Crippen LogP contribution >= 0.6 is 0 Å². The summed E-state index contributed by atoms with van der Waals surface area (Å²) < 4.78 is 19.4. The average Bonchev–Trinajstić information content (AvgIpc) is 2.34. The Kier molecular flexibility index (Phi) is 4.63. The molecule has 2 N–H and O–H groups in total. The average molecular weight is 323 g/mol. The van der Waals surface area contributed by atoms with Crippen molar-refractivity contribution in [1.29, 1.82) is 0 Å². The van der Waals surface area contributed by atoms with Gasteiger partial charge in [-0.05, 0) is 57.4 Å². The van der Waals surface area contributed by atoms with E-state index < -0.39 is 28.9 Å². The Hall–Kier alpha value is -2.11. The zero-order chi connectivity index (χ0) is 17.3. The van der Waals surface area contributed by atoms with Crippen molar-refractivity contribution in [1.82, 2.24) is 0 Å². The third-order valence-electron chi connectivity index (χ3n) is 3.98. The normalized spacial score (nSPS) is 16.3. The van der Waals surface area contributed by atoms with Gasteiger partial charge in [-0.3, -0.25) is 10.1 Å². The van der Waals surface area contributed by atoms with Crippen molar-refractivity contribution in [3.8, 4) is 0 Å². The van der Waals surface area contributed by atoms with Crippen LogP contribution in [0.2, 0.25) is 0 Å². The van der Waals surface area contributed by atoms with E-state index in [4.69, 9.17) is 9.84 Å². The van der Waals surface area contributed by atoms with Gasteiger partial charge in [0.15, 0.2) is 0 Å². The van der Waals surface area contributed by atoms with Crippen molar-refractivity contribution in [3.05, 3.63) is 29.6 Å². The molecule has 1 aromatic rings. The number of aliphatic carboxylic acids is 1. The molecule has 0 saturated heterocycles. The molecule has 5 nitrogen and oxygen atoms in total. The second kappa shape index (κ2) is 6.18. The number of ether oxygens (including phenoxy) is 1. The van der Waals surface area contributed by atoms with Gasteiger partial charge >= 0.3 is 12.1 Å². The topological polar surface area (TPSA) is 75.6 Å². The number of carboxylic acids is 1. The third-order valence-corrected chi connectivity index (χ3v) is 3.98. The van der Waals surface area contributed by atoms with Gasteiger partial charge in [0.1, 0.15) is 11.4 Å². The Balaban J connectivity index is 2.22. The van der Waals surface area contributed by atoms with E-state index in [0.717, 1.165) is 6.42 Å². The zero-order valence-corrected chi connectivity index (χ0v) is 13.6. The number of rotatable bonds is 4. The molecule has 6 heteroatoms. The third kappa shape index (κ3) is 4.21. The molecule has 23 heavy (non-hydrogen) atoms. The van der Waals surface area contributed by atoms with E-state index in [9.17, 15) is 14.0 Å². The summed E-state index contributed by atoms with van der Waals surface area (Å²) in [6.45, 7) is 5.25. The lowest BCUT2D eigenvalue weighted by molar-refractivity contribution is -0.139. The minimum atomic E-state index is -0.949. The summed E-state index contributed by atoms with van der Waals surface area (Å²) in [5.41, 5.74) is -0.570. The van der Waals surface area contributed by atoms with Crippen LogP contribution in [0.4, 0.5) is 14.9 Å². The summed E-state index contributed by atoms with van der Waals surface area (Å²) >= 11 is 0. The molecule has 1 aliphatic carbocycles. The monoisotopic (exact) mass is 323 g/mol. The summed E-state index contributed by atoms with van der Waals surface area (Å²) in [6.07, 6.45) is 1.39. The molecule has 0 spiro atoms. The van der Waals surface area contributed by atoms with Gasteiger partial charge in [0.2, 0.25) is 0 Å². The maximum Gasteiger partial charge on any atom is 0.412 e. The Morgan fingerprint density at radius 2 is 2.00 bits per heavy atom. The van der Waals surface area contributed by atoms with E-state index in [1.807, 2.05) is 0 Å². The van der Waals surface area contributed by atoms with E-state index in [1.54, 1.807) is 20.8 Å². The van der Waals surface area contributed by atoms with Gasteiger partial charge < -0.3 is 9.84 Å². The van der Waals surface area contributed by atoms with Crippen molar-refractivity contribution in [2.75, 3.05) is 5.32 Å². The van der Waals surface area contributed by atoms with Crippen LogP contribution in [0, 0.1) is 5.82 Å². The highest BCUT2D eigenvalue weighted by atomic mass is 19.1. The van der Waals surface area contributed by atoms with Gasteiger partial charge in [-0.1, -0.05) is 6.42 Å². The minimum absolute atomic E-state index is 0.111. The number of halogens is 1. The van der Waals surface area contributed by atoms with E-state index >= 15 is 0 Å². The van der Waals surface area contributed by atoms with Crippen molar-refractivity contribution in [2.45, 2.75) is 57.5 Å². The summed E-state index contributed by atoms with van der Waals surface area (Å²) in [6, 6.07) is 4.21. The number of benzene rings is 1. The van der Waals surface area contributed by atoms with Crippen LogP contribution in [0.5, 0.6) is 0 Å². The summed E-state index contributed by atoms with van der Waals surface area (Å²) in [7, 11) is 0. The number of anilines is 1. The zero-order valence-electron chi connectivity index (χ0n) is 13.6. The van der Waals surface area contributed by atoms with Crippen LogP contribution in [-0.2, 0) is 14.9 Å². The molecular formula is C17H22FNO4. The van der Waals surface area contributed by atoms with E-state index in [2.05, 4.69) is 5.32 Å². The molecule has 126 valence electrons. The molecule has 2 rings (SSSR count). The molecule has 0 aromatic heterocycles. The highest BCUT2D eigenvalue weighted by Gasteiger charge is 2.42. The first-order valence-electron chi connectivity index (χ1n) is 7.63. The Labute approximate surface area is 134 Å². The fourth-order valence-electron chi connectivity index (χ4n) is 2.87. The SMILES string of the molecule is CC(C)(C)OC(=O)Nc1ccc(F)c(C2(CC(=O)O)CCC2)c1. The highest BCUT2D eigenvalue weighted by molar-refractivity contribution is 5.85. The summed E-state index contributed by atoms with van der Waals surface area (Å²) in [5.74, 6) is -1.39. The number of hydrogen-bond donors (Lipinski definition) is 2. The molecule has 1 aliphatic rings. The number of carbonyl (C=O) groups is 2. The van der Waals surface area contributed by atoms with Gasteiger partial charge in [-0.25, -0.2) is 9.18 Å². The van der Waals surface area contributed by atoms with Crippen molar-refractivity contribution in [3.63, 3.8) is 0 Å². The lowest BCUT2D eigenvalue weighted by atomic mass is 9.62. The van der Waals surface area contributed by atoms with E-state index in [-0.39, 0.29) is 6.42 Å². The molecule has 0 bridgehead atoms. The molecule has 1 fully saturated rings. The first-order valence-corrected chi connectivity index (χ1v) is 7.63. The molecule has 0 aliphatic heterocycles. The molecule has 0 unspecified atom stereocenters. The standard InChI is InChI=1S/C17H22FNO4/c1-16(2,3)23-15(22)19-11-5-6-13(18)12(9-11)17(7-4-8-17)10-14(20)21/h5-6,9H,4,7-8,10H2,1-3H3,(H,19,22)(H,20,21). The fourth-order valence-corrected chi connectivity index (χ4v) is 2.87. The van der Waals surface area contributed by atoms with Gasteiger partial charge in [0, 0.05) is 11.1 Å². The predicted octanol–water partition coefficient (Wildman–Crippen LogP) is 4.07. The molecule has 1 aromatic carbocycles. The van der Waals surface area contributed by atoms with Crippen LogP contribution in [0.15, 0.2) is 18.2 Å². The first-order chi connectivity index (χ1) is 10.6. The second-order valence-corrected chi connectivity index (χ2v) is 7.03. The smallest absolute Gasteiger partial charge is 0.412 e. The maximum absolute atomic E-state index is 14.2. The number of carboxylic acid groups (broad SMARTS) is 1. The molecule has 0 atom stereocenters. The Morgan fingerprint density at radius 1 is 1.35 bits per heavy atom. The lowest BCUT2D eigenvalue weighted by Crippen LogP contribution is -2.37. The molecular weight excluding hydrogens is 301 g/mol. The minimum Gasteiger partial charge on any atom is -0.481 e. The van der Waals surface area contributed by atoms with E-state index in [0.29, 0.717) is 24.1 Å². The first kappa shape index (κ1) is 17.2. The van der Waals surface area contributed by atoms with Crippen LogP contribution in [0.25, 0.3) is 0 Å². The van der Waals surface area contributed by atoms with Gasteiger partial charge in [-0.15, -0.1) is 0 Å². The lowest BCUT2D eigenvalue weighted by Gasteiger charge is -2.41. The Morgan fingerprint density at radius 3 is 2.48 bits per heavy atom. The summed E-state index contributed by atoms with van der Waals surface area (Å²) in [4.78, 5) is 22.9. The number of hydrogen-bond acceptors (Lipinski definition) is 3. The second-order valence-electron chi connectivity index (χ2n) is 7.03. The Bertz CT molecular complexity index is 618. The van der Waals surface area contributed by atoms with Crippen LogP contribution in [-0.4, -0.2) is 22.8 Å². The molecule has 0 heterocycles. The largest absolute Gasteiger partial charge is 0.481 e. The number of amides is 1. The van der Waals surface area contributed by atoms with Crippen LogP contribution < -0.4 is 5.32 Å². The van der Waals surface area contributed by atoms with Crippen LogP contribution in [0.3, 0.4) is 0 Å². The van der Waals surface area contributed by atoms with Gasteiger partial charge in [0.05, 0.1) is 6.42 Å². The number of carbonyl (C=O) groups excluding carboxylic acids is 1. The maximum atomic E-state index is 14.2. The van der Waals surface area contributed by atoms with Crippen molar-refractivity contribution < 1.29 is 23.8 Å². The molecule has 1 saturated carbocycles.